The van der Waals surface area contributed by atoms with Crippen molar-refractivity contribution < 1.29 is 19.1 Å². The second kappa shape index (κ2) is 5.30. The van der Waals surface area contributed by atoms with Crippen LogP contribution in [0.3, 0.4) is 0 Å². The third-order valence-corrected chi connectivity index (χ3v) is 4.33. The van der Waals surface area contributed by atoms with Gasteiger partial charge in [-0.2, -0.15) is 0 Å². The van der Waals surface area contributed by atoms with Crippen molar-refractivity contribution in [1.29, 1.82) is 0 Å². The van der Waals surface area contributed by atoms with E-state index in [-0.39, 0.29) is 5.56 Å². The maximum atomic E-state index is 13.4. The van der Waals surface area contributed by atoms with Crippen LogP contribution in [0.25, 0.3) is 0 Å². The number of ketones is 1. The minimum atomic E-state index is -2.07. The summed E-state index contributed by atoms with van der Waals surface area (Å²) in [7, 11) is 0. The molecule has 0 spiro atoms. The van der Waals surface area contributed by atoms with Crippen molar-refractivity contribution >= 4 is 33.3 Å². The van der Waals surface area contributed by atoms with E-state index in [0.29, 0.717) is 15.7 Å². The Hall–Kier alpha value is -2.05. The highest BCUT2D eigenvalue weighted by molar-refractivity contribution is 9.10. The second-order valence-electron chi connectivity index (χ2n) is 5.08. The topological polar surface area (TPSA) is 66.4 Å². The molecule has 0 saturated heterocycles. The molecule has 0 bridgehead atoms. The van der Waals surface area contributed by atoms with Crippen LogP contribution >= 0.6 is 15.9 Å². The summed E-state index contributed by atoms with van der Waals surface area (Å²) in [5.41, 5.74) is -1.32. The largest absolute Gasteiger partial charge is 0.375 e. The van der Waals surface area contributed by atoms with Crippen LogP contribution in [-0.2, 0) is 10.4 Å². The first-order valence-electron chi connectivity index (χ1n) is 6.53. The van der Waals surface area contributed by atoms with Gasteiger partial charge in [0.25, 0.3) is 5.91 Å². The summed E-state index contributed by atoms with van der Waals surface area (Å²) in [4.78, 5) is 24.5. The molecule has 2 aromatic carbocycles. The van der Waals surface area contributed by atoms with E-state index in [1.54, 1.807) is 24.3 Å². The van der Waals surface area contributed by atoms with Crippen LogP contribution in [0.4, 0.5) is 10.1 Å². The molecular weight excluding hydrogens is 353 g/mol. The van der Waals surface area contributed by atoms with E-state index in [9.17, 15) is 19.1 Å². The molecule has 1 heterocycles. The zero-order valence-electron chi connectivity index (χ0n) is 11.3. The van der Waals surface area contributed by atoms with E-state index in [1.807, 2.05) is 0 Å². The van der Waals surface area contributed by atoms with Crippen molar-refractivity contribution in [2.75, 3.05) is 5.32 Å². The number of anilines is 1. The highest BCUT2D eigenvalue weighted by Crippen LogP contribution is 2.39. The summed E-state index contributed by atoms with van der Waals surface area (Å²) < 4.78 is 14.0. The van der Waals surface area contributed by atoms with Gasteiger partial charge in [-0.1, -0.05) is 34.1 Å². The lowest BCUT2D eigenvalue weighted by Gasteiger charge is -2.20. The predicted octanol–water partition coefficient (Wildman–Crippen LogP) is 3.00. The van der Waals surface area contributed by atoms with Gasteiger partial charge in [0.1, 0.15) is 5.82 Å². The van der Waals surface area contributed by atoms with Gasteiger partial charge in [0.2, 0.25) is 0 Å². The summed E-state index contributed by atoms with van der Waals surface area (Å²) in [5.74, 6) is -1.72. The molecule has 1 aliphatic rings. The first-order valence-corrected chi connectivity index (χ1v) is 7.33. The van der Waals surface area contributed by atoms with Crippen molar-refractivity contribution in [3.63, 3.8) is 0 Å². The number of hydrogen-bond donors (Lipinski definition) is 2. The molecule has 0 saturated carbocycles. The van der Waals surface area contributed by atoms with Crippen molar-refractivity contribution in [2.45, 2.75) is 12.0 Å². The number of amides is 1. The van der Waals surface area contributed by atoms with Crippen LogP contribution in [0.2, 0.25) is 0 Å². The SMILES string of the molecule is O=C(C[C@@]1(O)C(=O)Nc2ccc(F)cc21)c1ccccc1Br. The Morgan fingerprint density at radius 2 is 2.00 bits per heavy atom. The lowest BCUT2D eigenvalue weighted by Crippen LogP contribution is -2.36. The van der Waals surface area contributed by atoms with Crippen LogP contribution in [0, 0.1) is 5.82 Å². The highest BCUT2D eigenvalue weighted by atomic mass is 79.9. The molecule has 22 heavy (non-hydrogen) atoms. The fourth-order valence-electron chi connectivity index (χ4n) is 2.51. The number of carbonyl (C=O) groups excluding carboxylic acids is 2. The van der Waals surface area contributed by atoms with Gasteiger partial charge in [-0.3, -0.25) is 9.59 Å². The molecule has 1 aliphatic heterocycles. The fraction of sp³-hybridized carbons (Fsp3) is 0.125. The normalized spacial score (nSPS) is 19.7. The van der Waals surface area contributed by atoms with Gasteiger partial charge in [-0.05, 0) is 24.3 Å². The quantitative estimate of drug-likeness (QED) is 0.823. The Morgan fingerprint density at radius 1 is 1.27 bits per heavy atom. The van der Waals surface area contributed by atoms with E-state index < -0.39 is 29.5 Å². The summed E-state index contributed by atoms with van der Waals surface area (Å²) in [5, 5.41) is 13.1. The van der Waals surface area contributed by atoms with Crippen molar-refractivity contribution in [2.24, 2.45) is 0 Å². The van der Waals surface area contributed by atoms with Gasteiger partial charge in [0.15, 0.2) is 11.4 Å². The van der Waals surface area contributed by atoms with E-state index in [2.05, 4.69) is 21.2 Å². The molecule has 0 aromatic heterocycles. The number of hydrogen-bond acceptors (Lipinski definition) is 3. The number of fused-ring (bicyclic) bond motifs is 1. The van der Waals surface area contributed by atoms with E-state index in [0.717, 1.165) is 6.07 Å². The molecule has 0 aliphatic carbocycles. The Bertz CT molecular complexity index is 793. The Kier molecular flexibility index (Phi) is 3.58. The van der Waals surface area contributed by atoms with Gasteiger partial charge in [0.05, 0.1) is 6.42 Å². The molecule has 1 amide bonds. The Balaban J connectivity index is 1.98. The molecule has 112 valence electrons. The zero-order valence-corrected chi connectivity index (χ0v) is 12.9. The van der Waals surface area contributed by atoms with Crippen LogP contribution in [-0.4, -0.2) is 16.8 Å². The average Bonchev–Trinajstić information content (AvgIpc) is 2.71. The van der Waals surface area contributed by atoms with E-state index in [4.69, 9.17) is 0 Å². The Morgan fingerprint density at radius 3 is 2.73 bits per heavy atom. The van der Waals surface area contributed by atoms with Crippen LogP contribution in [0.1, 0.15) is 22.3 Å². The molecule has 0 unspecified atom stereocenters. The van der Waals surface area contributed by atoms with Crippen molar-refractivity contribution in [3.8, 4) is 0 Å². The fourth-order valence-corrected chi connectivity index (χ4v) is 3.01. The van der Waals surface area contributed by atoms with Gasteiger partial charge in [0, 0.05) is 21.3 Å². The first kappa shape index (κ1) is 14.9. The number of halogens is 2. The van der Waals surface area contributed by atoms with Crippen LogP contribution in [0.15, 0.2) is 46.9 Å². The van der Waals surface area contributed by atoms with Crippen LogP contribution < -0.4 is 5.32 Å². The lowest BCUT2D eigenvalue weighted by atomic mass is 9.88. The number of aliphatic hydroxyl groups is 1. The third kappa shape index (κ3) is 2.34. The summed E-state index contributed by atoms with van der Waals surface area (Å²) in [6.07, 6.45) is -0.460. The number of rotatable bonds is 3. The van der Waals surface area contributed by atoms with E-state index in [1.165, 1.54) is 12.1 Å². The first-order chi connectivity index (χ1) is 10.4. The van der Waals surface area contributed by atoms with Gasteiger partial charge in [-0.25, -0.2) is 4.39 Å². The molecule has 0 radical (unpaired) electrons. The standard InChI is InChI=1S/C16H11BrFNO3/c17-12-4-2-1-3-10(12)14(20)8-16(22)11-7-9(18)5-6-13(11)19-15(16)21/h1-7,22H,8H2,(H,19,21)/t16-/m0/s1. The molecule has 1 atom stereocenters. The Labute approximate surface area is 134 Å². The molecule has 4 nitrogen and oxygen atoms in total. The third-order valence-electron chi connectivity index (χ3n) is 3.64. The molecular formula is C16H11BrFNO3. The van der Waals surface area contributed by atoms with Crippen LogP contribution in [0.5, 0.6) is 0 Å². The van der Waals surface area contributed by atoms with Crippen molar-refractivity contribution in [3.05, 3.63) is 63.9 Å². The number of benzene rings is 2. The molecule has 6 heteroatoms. The van der Waals surface area contributed by atoms with Crippen molar-refractivity contribution in [1.82, 2.24) is 0 Å². The number of carbonyl (C=O) groups is 2. The monoisotopic (exact) mass is 363 g/mol. The van der Waals surface area contributed by atoms with E-state index >= 15 is 0 Å². The summed E-state index contributed by atoms with van der Waals surface area (Å²) in [6.45, 7) is 0. The number of nitrogens with one attached hydrogen (secondary N) is 1. The second-order valence-corrected chi connectivity index (χ2v) is 5.94. The molecule has 3 rings (SSSR count). The maximum Gasteiger partial charge on any atom is 0.261 e. The minimum Gasteiger partial charge on any atom is -0.375 e. The van der Waals surface area contributed by atoms with Gasteiger partial charge in [-0.15, -0.1) is 0 Å². The van der Waals surface area contributed by atoms with Gasteiger partial charge >= 0.3 is 0 Å². The highest BCUT2D eigenvalue weighted by Gasteiger charge is 2.47. The summed E-state index contributed by atoms with van der Waals surface area (Å²) in [6, 6.07) is 10.3. The lowest BCUT2D eigenvalue weighted by molar-refractivity contribution is -0.133. The van der Waals surface area contributed by atoms with Gasteiger partial charge < -0.3 is 10.4 Å². The summed E-state index contributed by atoms with van der Waals surface area (Å²) >= 11 is 3.26. The minimum absolute atomic E-state index is 0.0814. The smallest absolute Gasteiger partial charge is 0.261 e. The molecule has 2 N–H and O–H groups in total. The zero-order chi connectivity index (χ0) is 15.9. The molecule has 0 fully saturated rings. The number of Topliss-reactive ketones (excluding diaryl/α,β-unsaturated/α-hetero) is 1. The average molecular weight is 364 g/mol. The molecule has 2 aromatic rings. The predicted molar refractivity (Wildman–Crippen MR) is 82.0 cm³/mol. The maximum absolute atomic E-state index is 13.4.